The topological polar surface area (TPSA) is 80.3 Å². The molecule has 1 heterocycles. The van der Waals surface area contributed by atoms with Crippen molar-refractivity contribution < 1.29 is 13.2 Å². The molecule has 2 N–H and O–H groups in total. The number of ether oxygens (including phenoxy) is 1. The standard InChI is InChI=1S/C17H21N3O3S2/c1-2-15-7-3-4-8-16(15)20-25(21,22)11-10-23-17(24)19-13-14-6-5-9-18-12-14/h3-9,12,20H,2,10-11,13H2,1H3,(H,19,24). The Morgan fingerprint density at radius 1 is 1.24 bits per heavy atom. The van der Waals surface area contributed by atoms with Crippen LogP contribution in [0.4, 0.5) is 5.69 Å². The minimum Gasteiger partial charge on any atom is -0.470 e. The lowest BCUT2D eigenvalue weighted by atomic mass is 10.1. The molecule has 0 aliphatic heterocycles. The second-order valence-electron chi connectivity index (χ2n) is 5.28. The number of pyridine rings is 1. The number of hydrogen-bond donors (Lipinski definition) is 2. The van der Waals surface area contributed by atoms with Crippen molar-refractivity contribution in [1.29, 1.82) is 0 Å². The van der Waals surface area contributed by atoms with E-state index in [1.165, 1.54) is 0 Å². The molecule has 0 spiro atoms. The quantitative estimate of drug-likeness (QED) is 0.686. The van der Waals surface area contributed by atoms with Gasteiger partial charge in [-0.3, -0.25) is 9.71 Å². The average molecular weight is 380 g/mol. The molecule has 0 amide bonds. The van der Waals surface area contributed by atoms with Crippen molar-refractivity contribution in [3.63, 3.8) is 0 Å². The zero-order chi connectivity index (χ0) is 18.1. The van der Waals surface area contributed by atoms with Gasteiger partial charge >= 0.3 is 0 Å². The van der Waals surface area contributed by atoms with E-state index < -0.39 is 10.0 Å². The van der Waals surface area contributed by atoms with Crippen LogP contribution in [0.5, 0.6) is 0 Å². The Labute approximate surface area is 153 Å². The third kappa shape index (κ3) is 6.67. The summed E-state index contributed by atoms with van der Waals surface area (Å²) in [5.74, 6) is -0.181. The van der Waals surface area contributed by atoms with E-state index >= 15 is 0 Å². The summed E-state index contributed by atoms with van der Waals surface area (Å²) in [6, 6.07) is 11.1. The zero-order valence-electron chi connectivity index (χ0n) is 13.9. The Balaban J connectivity index is 1.77. The molecule has 134 valence electrons. The minimum absolute atomic E-state index is 0.0253. The number of nitrogens with one attached hydrogen (secondary N) is 2. The Bertz CT molecular complexity index is 796. The van der Waals surface area contributed by atoms with Crippen LogP contribution in [0.1, 0.15) is 18.1 Å². The van der Waals surface area contributed by atoms with E-state index in [2.05, 4.69) is 15.0 Å². The molecule has 0 bridgehead atoms. The summed E-state index contributed by atoms with van der Waals surface area (Å²) in [4.78, 5) is 4.00. The summed E-state index contributed by atoms with van der Waals surface area (Å²) in [6.45, 7) is 2.42. The fourth-order valence-electron chi connectivity index (χ4n) is 2.12. The van der Waals surface area contributed by atoms with E-state index in [9.17, 15) is 8.42 Å². The van der Waals surface area contributed by atoms with Crippen LogP contribution < -0.4 is 10.0 Å². The van der Waals surface area contributed by atoms with Crippen LogP contribution in [0.2, 0.25) is 0 Å². The van der Waals surface area contributed by atoms with Crippen molar-refractivity contribution in [2.75, 3.05) is 17.1 Å². The maximum Gasteiger partial charge on any atom is 0.256 e. The lowest BCUT2D eigenvalue weighted by Gasteiger charge is -2.13. The summed E-state index contributed by atoms with van der Waals surface area (Å²) in [5.41, 5.74) is 2.50. The van der Waals surface area contributed by atoms with E-state index in [1.54, 1.807) is 24.5 Å². The number of anilines is 1. The van der Waals surface area contributed by atoms with Crippen LogP contribution >= 0.6 is 12.2 Å². The SMILES string of the molecule is CCc1ccccc1NS(=O)(=O)CCOC(=S)NCc1cccnc1. The molecule has 1 aromatic heterocycles. The van der Waals surface area contributed by atoms with Crippen LogP contribution in [-0.4, -0.2) is 30.9 Å². The predicted octanol–water partition coefficient (Wildman–Crippen LogP) is 2.48. The number of aryl methyl sites for hydroxylation is 1. The Morgan fingerprint density at radius 2 is 2.04 bits per heavy atom. The molecule has 2 aromatic rings. The third-order valence-corrected chi connectivity index (χ3v) is 4.91. The van der Waals surface area contributed by atoms with Gasteiger partial charge in [-0.15, -0.1) is 0 Å². The molecule has 8 heteroatoms. The van der Waals surface area contributed by atoms with E-state index in [4.69, 9.17) is 17.0 Å². The van der Waals surface area contributed by atoms with Crippen molar-refractivity contribution in [3.05, 3.63) is 59.9 Å². The maximum atomic E-state index is 12.2. The lowest BCUT2D eigenvalue weighted by Crippen LogP contribution is -2.27. The van der Waals surface area contributed by atoms with Crippen LogP contribution in [-0.2, 0) is 27.7 Å². The van der Waals surface area contributed by atoms with Gasteiger partial charge in [0.1, 0.15) is 12.4 Å². The highest BCUT2D eigenvalue weighted by Gasteiger charge is 2.13. The highest BCUT2D eigenvalue weighted by molar-refractivity contribution is 7.92. The van der Waals surface area contributed by atoms with Crippen molar-refractivity contribution >= 4 is 33.1 Å². The first-order chi connectivity index (χ1) is 12.0. The van der Waals surface area contributed by atoms with Crippen molar-refractivity contribution in [2.24, 2.45) is 0 Å². The first-order valence-corrected chi connectivity index (χ1v) is 9.94. The molecular formula is C17H21N3O3S2. The monoisotopic (exact) mass is 379 g/mol. The van der Waals surface area contributed by atoms with Gasteiger partial charge in [-0.1, -0.05) is 31.2 Å². The van der Waals surface area contributed by atoms with Crippen LogP contribution in [0, 0.1) is 0 Å². The molecule has 0 saturated heterocycles. The first-order valence-electron chi connectivity index (χ1n) is 7.88. The van der Waals surface area contributed by atoms with E-state index in [0.29, 0.717) is 12.2 Å². The van der Waals surface area contributed by atoms with E-state index in [1.807, 2.05) is 31.2 Å². The van der Waals surface area contributed by atoms with Crippen LogP contribution in [0.25, 0.3) is 0 Å². The minimum atomic E-state index is -3.50. The van der Waals surface area contributed by atoms with E-state index in [-0.39, 0.29) is 17.5 Å². The molecule has 0 saturated carbocycles. The molecular weight excluding hydrogens is 358 g/mol. The zero-order valence-corrected chi connectivity index (χ0v) is 15.6. The van der Waals surface area contributed by atoms with Gasteiger partial charge in [-0.25, -0.2) is 8.42 Å². The van der Waals surface area contributed by atoms with Gasteiger partial charge in [0, 0.05) is 18.9 Å². The second kappa shape index (κ2) is 9.33. The van der Waals surface area contributed by atoms with Crippen molar-refractivity contribution in [2.45, 2.75) is 19.9 Å². The molecule has 25 heavy (non-hydrogen) atoms. The summed E-state index contributed by atoms with van der Waals surface area (Å²) in [5, 5.41) is 3.07. The predicted molar refractivity (Wildman–Crippen MR) is 103 cm³/mol. The van der Waals surface area contributed by atoms with Crippen molar-refractivity contribution in [1.82, 2.24) is 10.3 Å². The van der Waals surface area contributed by atoms with Gasteiger partial charge in [-0.2, -0.15) is 0 Å². The number of nitrogens with zero attached hydrogens (tertiary/aromatic N) is 1. The number of hydrogen-bond acceptors (Lipinski definition) is 5. The van der Waals surface area contributed by atoms with Gasteiger partial charge in [0.25, 0.3) is 5.17 Å². The van der Waals surface area contributed by atoms with Gasteiger partial charge in [-0.05, 0) is 41.9 Å². The van der Waals surface area contributed by atoms with Gasteiger partial charge in [0.2, 0.25) is 10.0 Å². The Kier molecular flexibility index (Phi) is 7.15. The normalized spacial score (nSPS) is 10.9. The van der Waals surface area contributed by atoms with Gasteiger partial charge in [0.15, 0.2) is 0 Å². The number of benzene rings is 1. The fraction of sp³-hybridized carbons (Fsp3) is 0.294. The Hall–Kier alpha value is -2.19. The molecule has 0 unspecified atom stereocenters. The maximum absolute atomic E-state index is 12.2. The fourth-order valence-corrected chi connectivity index (χ4v) is 3.21. The Morgan fingerprint density at radius 3 is 2.76 bits per heavy atom. The number of thiocarbonyl (C=S) groups is 1. The van der Waals surface area contributed by atoms with Crippen LogP contribution in [0.3, 0.4) is 0 Å². The summed E-state index contributed by atoms with van der Waals surface area (Å²) in [7, 11) is -3.50. The van der Waals surface area contributed by atoms with Crippen molar-refractivity contribution in [3.8, 4) is 0 Å². The largest absolute Gasteiger partial charge is 0.470 e. The average Bonchev–Trinajstić information content (AvgIpc) is 2.61. The molecule has 0 atom stereocenters. The number of aromatic nitrogens is 1. The van der Waals surface area contributed by atoms with E-state index in [0.717, 1.165) is 17.5 Å². The smallest absolute Gasteiger partial charge is 0.256 e. The number of sulfonamides is 1. The summed E-state index contributed by atoms with van der Waals surface area (Å²) >= 11 is 5.04. The number of para-hydroxylation sites is 1. The molecule has 0 aliphatic carbocycles. The van der Waals surface area contributed by atoms with Gasteiger partial charge in [0.05, 0.1) is 5.69 Å². The highest BCUT2D eigenvalue weighted by atomic mass is 32.2. The molecule has 0 aliphatic rings. The van der Waals surface area contributed by atoms with Crippen LogP contribution in [0.15, 0.2) is 48.8 Å². The molecule has 2 rings (SSSR count). The molecule has 0 fully saturated rings. The molecule has 6 nitrogen and oxygen atoms in total. The number of rotatable bonds is 8. The lowest BCUT2D eigenvalue weighted by molar-refractivity contribution is 0.321. The summed E-state index contributed by atoms with van der Waals surface area (Å²) in [6.07, 6.45) is 4.15. The molecule has 1 aromatic carbocycles. The molecule has 0 radical (unpaired) electrons. The first kappa shape index (κ1) is 19.1. The second-order valence-corrected chi connectivity index (χ2v) is 7.50. The van der Waals surface area contributed by atoms with Gasteiger partial charge < -0.3 is 10.1 Å². The third-order valence-electron chi connectivity index (χ3n) is 3.41. The highest BCUT2D eigenvalue weighted by Crippen LogP contribution is 2.16. The summed E-state index contributed by atoms with van der Waals surface area (Å²) < 4.78 is 32.2.